The van der Waals surface area contributed by atoms with Crippen LogP contribution in [0.4, 0.5) is 0 Å². The van der Waals surface area contributed by atoms with Gasteiger partial charge in [-0.1, -0.05) is 0 Å². The molecule has 1 unspecified atom stereocenters. The van der Waals surface area contributed by atoms with Crippen molar-refractivity contribution in [2.75, 3.05) is 13.2 Å². The smallest absolute Gasteiger partial charge is 0.326 e. The van der Waals surface area contributed by atoms with Crippen LogP contribution < -0.4 is 11.1 Å². The zero-order chi connectivity index (χ0) is 12.8. The Balaban J connectivity index is 2.50. The molecule has 0 aromatic rings. The average Bonchev–Trinajstić information content (AvgIpc) is 2.28. The van der Waals surface area contributed by atoms with Gasteiger partial charge >= 0.3 is 5.97 Å². The van der Waals surface area contributed by atoms with Gasteiger partial charge in [-0.25, -0.2) is 4.79 Å². The fraction of sp³-hybridized carbons (Fsp3) is 0.700. The lowest BCUT2D eigenvalue weighted by atomic mass is 10.0. The Hall–Kier alpha value is -1.63. The van der Waals surface area contributed by atoms with Gasteiger partial charge in [-0.15, -0.1) is 0 Å². The molecule has 0 aliphatic carbocycles. The number of primary amides is 1. The maximum atomic E-state index is 11.7. The summed E-state index contributed by atoms with van der Waals surface area (Å²) in [4.78, 5) is 33.1. The highest BCUT2D eigenvalue weighted by Crippen LogP contribution is 2.13. The molecule has 0 bridgehead atoms. The Morgan fingerprint density at radius 2 is 2.18 bits per heavy atom. The molecule has 2 amide bonds. The number of hydrogen-bond donors (Lipinski definition) is 3. The third kappa shape index (κ3) is 4.39. The number of amides is 2. The Morgan fingerprint density at radius 3 is 2.65 bits per heavy atom. The number of carboxylic acids is 1. The van der Waals surface area contributed by atoms with Gasteiger partial charge in [0.25, 0.3) is 0 Å². The topological polar surface area (TPSA) is 119 Å². The van der Waals surface area contributed by atoms with Crippen LogP contribution >= 0.6 is 0 Å². The first-order valence-corrected chi connectivity index (χ1v) is 5.40. The summed E-state index contributed by atoms with van der Waals surface area (Å²) in [5, 5.41) is 11.1. The minimum Gasteiger partial charge on any atom is -0.480 e. The lowest BCUT2D eigenvalue weighted by Gasteiger charge is -2.23. The molecule has 1 aliphatic heterocycles. The normalized spacial score (nSPS) is 21.5. The Labute approximate surface area is 98.3 Å². The standard InChI is InChI=1S/C10H16N2O5/c11-8(13)4-7(10(15)16)12-9(14)6-2-1-3-17-5-6/h6-7H,1-5H2,(H2,11,13)(H,12,14)(H,15,16)/t6?,7-/m0/s1. The summed E-state index contributed by atoms with van der Waals surface area (Å²) in [5.41, 5.74) is 4.91. The number of rotatable bonds is 5. The van der Waals surface area contributed by atoms with E-state index in [0.29, 0.717) is 13.0 Å². The molecule has 7 nitrogen and oxygen atoms in total. The third-order valence-corrected chi connectivity index (χ3v) is 2.55. The molecular weight excluding hydrogens is 228 g/mol. The molecular formula is C10H16N2O5. The lowest BCUT2D eigenvalue weighted by Crippen LogP contribution is -2.47. The number of nitrogens with two attached hydrogens (primary N) is 1. The first-order valence-electron chi connectivity index (χ1n) is 5.40. The second kappa shape index (κ2) is 6.19. The zero-order valence-corrected chi connectivity index (χ0v) is 9.35. The highest BCUT2D eigenvalue weighted by molar-refractivity contribution is 5.88. The monoisotopic (exact) mass is 244 g/mol. The molecule has 17 heavy (non-hydrogen) atoms. The van der Waals surface area contributed by atoms with E-state index in [1.54, 1.807) is 0 Å². The molecule has 96 valence electrons. The molecule has 0 spiro atoms. The van der Waals surface area contributed by atoms with Crippen molar-refractivity contribution in [2.45, 2.75) is 25.3 Å². The van der Waals surface area contributed by atoms with Crippen molar-refractivity contribution >= 4 is 17.8 Å². The molecule has 1 aliphatic rings. The predicted octanol–water partition coefficient (Wildman–Crippen LogP) is -1.14. The maximum absolute atomic E-state index is 11.7. The van der Waals surface area contributed by atoms with Crippen LogP contribution in [0.5, 0.6) is 0 Å². The Kier molecular flexibility index (Phi) is 4.89. The van der Waals surface area contributed by atoms with Gasteiger partial charge in [0.1, 0.15) is 6.04 Å². The summed E-state index contributed by atoms with van der Waals surface area (Å²) in [7, 11) is 0. The number of nitrogens with one attached hydrogen (secondary N) is 1. The highest BCUT2D eigenvalue weighted by atomic mass is 16.5. The van der Waals surface area contributed by atoms with E-state index in [1.165, 1.54) is 0 Å². The number of hydrogen-bond acceptors (Lipinski definition) is 4. The first-order chi connectivity index (χ1) is 8.00. The van der Waals surface area contributed by atoms with E-state index in [0.717, 1.165) is 6.42 Å². The van der Waals surface area contributed by atoms with Gasteiger partial charge in [-0.3, -0.25) is 9.59 Å². The quantitative estimate of drug-likeness (QED) is 0.564. The average molecular weight is 244 g/mol. The Bertz CT molecular complexity index is 312. The summed E-state index contributed by atoms with van der Waals surface area (Å²) in [6.45, 7) is 0.905. The number of ether oxygens (including phenoxy) is 1. The fourth-order valence-corrected chi connectivity index (χ4v) is 1.64. The van der Waals surface area contributed by atoms with Crippen molar-refractivity contribution in [1.29, 1.82) is 0 Å². The zero-order valence-electron chi connectivity index (χ0n) is 9.35. The summed E-state index contributed by atoms with van der Waals surface area (Å²) in [6.07, 6.45) is 1.02. The summed E-state index contributed by atoms with van der Waals surface area (Å²) in [5.74, 6) is -2.79. The first kappa shape index (κ1) is 13.4. The van der Waals surface area contributed by atoms with Gasteiger partial charge in [0.15, 0.2) is 0 Å². The van der Waals surface area contributed by atoms with E-state index in [-0.39, 0.29) is 12.5 Å². The van der Waals surface area contributed by atoms with Crippen molar-refractivity contribution in [3.05, 3.63) is 0 Å². The second-order valence-electron chi connectivity index (χ2n) is 3.98. The number of aliphatic carboxylic acids is 1. The van der Waals surface area contributed by atoms with E-state index in [2.05, 4.69) is 5.32 Å². The van der Waals surface area contributed by atoms with Crippen molar-refractivity contribution in [1.82, 2.24) is 5.32 Å². The van der Waals surface area contributed by atoms with Gasteiger partial charge in [0, 0.05) is 6.61 Å². The van der Waals surface area contributed by atoms with E-state index in [9.17, 15) is 14.4 Å². The van der Waals surface area contributed by atoms with Crippen LogP contribution in [0.15, 0.2) is 0 Å². The second-order valence-corrected chi connectivity index (χ2v) is 3.98. The third-order valence-electron chi connectivity index (χ3n) is 2.55. The van der Waals surface area contributed by atoms with Crippen LogP contribution in [0, 0.1) is 5.92 Å². The van der Waals surface area contributed by atoms with E-state index in [1.807, 2.05) is 0 Å². The van der Waals surface area contributed by atoms with Gasteiger partial charge < -0.3 is 20.9 Å². The molecule has 7 heteroatoms. The van der Waals surface area contributed by atoms with Gasteiger partial charge in [-0.05, 0) is 12.8 Å². The maximum Gasteiger partial charge on any atom is 0.326 e. The van der Waals surface area contributed by atoms with E-state index < -0.39 is 30.2 Å². The van der Waals surface area contributed by atoms with E-state index in [4.69, 9.17) is 15.6 Å². The number of carboxylic acid groups (broad SMARTS) is 1. The Morgan fingerprint density at radius 1 is 1.47 bits per heavy atom. The predicted molar refractivity (Wildman–Crippen MR) is 56.9 cm³/mol. The van der Waals surface area contributed by atoms with E-state index >= 15 is 0 Å². The number of carbonyl (C=O) groups is 3. The number of carbonyl (C=O) groups excluding carboxylic acids is 2. The fourth-order valence-electron chi connectivity index (χ4n) is 1.64. The molecule has 0 saturated carbocycles. The van der Waals surface area contributed by atoms with Crippen molar-refractivity contribution in [3.63, 3.8) is 0 Å². The van der Waals surface area contributed by atoms with Crippen LogP contribution in [0.2, 0.25) is 0 Å². The molecule has 0 aromatic carbocycles. The molecule has 1 saturated heterocycles. The van der Waals surface area contributed by atoms with Crippen LogP contribution in [0.1, 0.15) is 19.3 Å². The van der Waals surface area contributed by atoms with Gasteiger partial charge in [-0.2, -0.15) is 0 Å². The van der Waals surface area contributed by atoms with Crippen molar-refractivity contribution < 1.29 is 24.2 Å². The van der Waals surface area contributed by atoms with Crippen LogP contribution in [0.3, 0.4) is 0 Å². The SMILES string of the molecule is NC(=O)C[C@H](NC(=O)C1CCCOC1)C(=O)O. The van der Waals surface area contributed by atoms with Crippen LogP contribution in [-0.2, 0) is 19.1 Å². The lowest BCUT2D eigenvalue weighted by molar-refractivity contribution is -0.144. The van der Waals surface area contributed by atoms with Gasteiger partial charge in [0.2, 0.25) is 11.8 Å². The minimum absolute atomic E-state index is 0.286. The molecule has 1 heterocycles. The molecule has 1 rings (SSSR count). The van der Waals surface area contributed by atoms with Gasteiger partial charge in [0.05, 0.1) is 18.9 Å². The summed E-state index contributed by atoms with van der Waals surface area (Å²) < 4.78 is 5.13. The van der Waals surface area contributed by atoms with Crippen molar-refractivity contribution in [2.24, 2.45) is 11.7 Å². The minimum atomic E-state index is -1.27. The highest BCUT2D eigenvalue weighted by Gasteiger charge is 2.27. The molecule has 0 radical (unpaired) electrons. The summed E-state index contributed by atoms with van der Waals surface area (Å²) in [6, 6.07) is -1.26. The molecule has 4 N–H and O–H groups in total. The molecule has 0 aromatic heterocycles. The molecule has 2 atom stereocenters. The van der Waals surface area contributed by atoms with Crippen molar-refractivity contribution in [3.8, 4) is 0 Å². The largest absolute Gasteiger partial charge is 0.480 e. The van der Waals surface area contributed by atoms with Crippen LogP contribution in [0.25, 0.3) is 0 Å². The summed E-state index contributed by atoms with van der Waals surface area (Å²) >= 11 is 0. The molecule has 1 fully saturated rings. The van der Waals surface area contributed by atoms with Crippen LogP contribution in [-0.4, -0.2) is 42.1 Å².